The van der Waals surface area contributed by atoms with Gasteiger partial charge >= 0.3 is 5.66 Å². The fourth-order valence-electron chi connectivity index (χ4n) is 8.28. The van der Waals surface area contributed by atoms with Crippen molar-refractivity contribution in [2.24, 2.45) is 0 Å². The largest absolute Gasteiger partial charge is 0.444 e. The lowest BCUT2D eigenvalue weighted by Crippen LogP contribution is -2.73. The molecule has 43 heavy (non-hydrogen) atoms. The Balaban J connectivity index is 1.24. The molecule has 0 fully saturated rings. The Morgan fingerprint density at radius 2 is 1.28 bits per heavy atom. The third-order valence-corrected chi connectivity index (χ3v) is 9.94. The number of benzene rings is 5. The molecule has 1 spiro atoms. The second-order valence-corrected chi connectivity index (χ2v) is 11.9. The Labute approximate surface area is 247 Å². The molecule has 0 bridgehead atoms. The minimum Gasteiger partial charge on any atom is -0.307 e. The zero-order chi connectivity index (χ0) is 27.9. The molecule has 11 rings (SSSR count). The van der Waals surface area contributed by atoms with Crippen LogP contribution in [0, 0.1) is 0 Å². The van der Waals surface area contributed by atoms with Gasteiger partial charge in [-0.2, -0.15) is 0 Å². The van der Waals surface area contributed by atoms with E-state index in [1.807, 2.05) is 0 Å². The summed E-state index contributed by atoms with van der Waals surface area (Å²) in [5.74, 6) is 0. The maximum Gasteiger partial charge on any atom is 0.444 e. The molecule has 3 aliphatic heterocycles. The lowest BCUT2D eigenvalue weighted by Gasteiger charge is -2.24. The van der Waals surface area contributed by atoms with Gasteiger partial charge in [-0.05, 0) is 51.7 Å². The van der Waals surface area contributed by atoms with E-state index in [-0.39, 0.29) is 0 Å². The summed E-state index contributed by atoms with van der Waals surface area (Å²) in [5.41, 5.74) is 14.6. The number of rotatable bonds is 2. The highest BCUT2D eigenvalue weighted by molar-refractivity contribution is 6.13. The van der Waals surface area contributed by atoms with Crippen molar-refractivity contribution in [3.63, 3.8) is 0 Å². The summed E-state index contributed by atoms with van der Waals surface area (Å²) < 4.78 is 9.89. The van der Waals surface area contributed by atoms with Crippen molar-refractivity contribution in [3.05, 3.63) is 157 Å². The molecule has 0 saturated heterocycles. The van der Waals surface area contributed by atoms with E-state index in [0.29, 0.717) is 0 Å². The summed E-state index contributed by atoms with van der Waals surface area (Å²) in [6.45, 7) is 0. The summed E-state index contributed by atoms with van der Waals surface area (Å²) >= 11 is 0. The minimum atomic E-state index is -0.524. The minimum absolute atomic E-state index is 0.524. The third kappa shape index (κ3) is 2.40. The molecule has 4 nitrogen and oxygen atoms in total. The fourth-order valence-corrected chi connectivity index (χ4v) is 8.28. The maximum absolute atomic E-state index is 2.52. The number of fused-ring (bicyclic) bond motifs is 8. The van der Waals surface area contributed by atoms with Gasteiger partial charge in [0.1, 0.15) is 11.3 Å². The maximum atomic E-state index is 2.52. The first kappa shape index (κ1) is 21.9. The van der Waals surface area contributed by atoms with Crippen LogP contribution in [0.2, 0.25) is 0 Å². The van der Waals surface area contributed by atoms with Gasteiger partial charge in [-0.25, -0.2) is 0 Å². The number of hydrogen-bond donors (Lipinski definition) is 0. The van der Waals surface area contributed by atoms with Crippen molar-refractivity contribution in [1.29, 1.82) is 0 Å². The van der Waals surface area contributed by atoms with Gasteiger partial charge in [0.2, 0.25) is 11.9 Å². The highest BCUT2D eigenvalue weighted by atomic mass is 15.5. The van der Waals surface area contributed by atoms with Gasteiger partial charge in [0.05, 0.1) is 34.0 Å². The Morgan fingerprint density at radius 1 is 0.535 bits per heavy atom. The van der Waals surface area contributed by atoms with E-state index < -0.39 is 5.66 Å². The molecular weight excluding hydrogens is 524 g/mol. The van der Waals surface area contributed by atoms with Gasteiger partial charge in [0.25, 0.3) is 0 Å². The van der Waals surface area contributed by atoms with E-state index in [2.05, 4.69) is 164 Å². The topological polar surface area (TPSA) is 17.6 Å². The van der Waals surface area contributed by atoms with Gasteiger partial charge in [0, 0.05) is 22.9 Å². The van der Waals surface area contributed by atoms with Gasteiger partial charge in [-0.15, -0.1) is 9.25 Å². The quantitative estimate of drug-likeness (QED) is 0.201. The average molecular weight is 549 g/mol. The SMILES string of the molecule is c1ccc(-c2ccc(-c3cn4[n+](c3)C35c6c(cccc6-4)-n4c6ccccc6c6ccc(c3c64)-c3cccc[n+]35)cc2)cc1. The molecule has 0 aliphatic carbocycles. The summed E-state index contributed by atoms with van der Waals surface area (Å²) in [6.07, 6.45) is 6.94. The van der Waals surface area contributed by atoms with E-state index in [1.54, 1.807) is 0 Å². The molecule has 3 aliphatic rings. The van der Waals surface area contributed by atoms with Crippen LogP contribution in [0.3, 0.4) is 0 Å². The second-order valence-electron chi connectivity index (χ2n) is 11.9. The van der Waals surface area contributed by atoms with E-state index in [1.165, 1.54) is 77.8 Å². The molecule has 0 saturated carbocycles. The molecule has 1 unspecified atom stereocenters. The standard InChI is InChI=1S/C39H24N4/c1-2-9-25(10-3-1)26-16-18-27(19-17-26)28-23-41-34-14-8-15-35-37(34)39(42(41)24-28)36-31(32-12-6-7-22-40(32)39)21-20-30-29-11-4-5-13-33(29)43(35)38(30)36/h1-24H/q+2. The Morgan fingerprint density at radius 3 is 2.16 bits per heavy atom. The van der Waals surface area contributed by atoms with Gasteiger partial charge in [0.15, 0.2) is 11.8 Å². The number of pyridine rings is 1. The summed E-state index contributed by atoms with van der Waals surface area (Å²) in [5, 5.41) is 2.61. The van der Waals surface area contributed by atoms with Crippen LogP contribution >= 0.6 is 0 Å². The van der Waals surface area contributed by atoms with Crippen molar-refractivity contribution < 1.29 is 9.25 Å². The molecule has 8 aromatic rings. The smallest absolute Gasteiger partial charge is 0.307 e. The van der Waals surface area contributed by atoms with E-state index in [9.17, 15) is 0 Å². The van der Waals surface area contributed by atoms with Gasteiger partial charge in [-0.3, -0.25) is 0 Å². The molecule has 1 atom stereocenters. The molecule has 6 heterocycles. The average Bonchev–Trinajstić information content (AvgIpc) is 3.80. The van der Waals surface area contributed by atoms with Crippen LogP contribution in [0.1, 0.15) is 11.1 Å². The molecule has 0 radical (unpaired) electrons. The Hall–Kier alpha value is -5.74. The van der Waals surface area contributed by atoms with Gasteiger partial charge < -0.3 is 4.57 Å². The van der Waals surface area contributed by atoms with Crippen LogP contribution < -0.4 is 9.25 Å². The lowest BCUT2D eigenvalue weighted by atomic mass is 9.85. The highest BCUT2D eigenvalue weighted by Crippen LogP contribution is 2.54. The van der Waals surface area contributed by atoms with Crippen LogP contribution in [0.4, 0.5) is 0 Å². The van der Waals surface area contributed by atoms with Crippen LogP contribution in [-0.4, -0.2) is 9.25 Å². The molecule has 198 valence electrons. The molecule has 5 aromatic carbocycles. The molecule has 0 amide bonds. The van der Waals surface area contributed by atoms with Gasteiger partial charge in [-0.1, -0.05) is 84.9 Å². The Bertz CT molecular complexity index is 2500. The van der Waals surface area contributed by atoms with Crippen LogP contribution in [0.25, 0.3) is 66.7 Å². The van der Waals surface area contributed by atoms with Crippen molar-refractivity contribution in [2.75, 3.05) is 0 Å². The molecule has 4 heteroatoms. The van der Waals surface area contributed by atoms with Crippen molar-refractivity contribution in [2.45, 2.75) is 5.66 Å². The predicted octanol–water partition coefficient (Wildman–Crippen LogP) is 7.39. The number of nitrogens with zero attached hydrogens (tertiary/aromatic N) is 4. The van der Waals surface area contributed by atoms with Crippen LogP contribution in [-0.2, 0) is 5.66 Å². The summed E-state index contributed by atoms with van der Waals surface area (Å²) in [6, 6.07) is 46.5. The highest BCUT2D eigenvalue weighted by Gasteiger charge is 2.71. The fraction of sp³-hybridized carbons (Fsp3) is 0.0256. The number of para-hydroxylation sites is 1. The van der Waals surface area contributed by atoms with E-state index >= 15 is 0 Å². The monoisotopic (exact) mass is 548 g/mol. The third-order valence-electron chi connectivity index (χ3n) is 9.94. The predicted molar refractivity (Wildman–Crippen MR) is 168 cm³/mol. The first-order valence-corrected chi connectivity index (χ1v) is 14.9. The molecule has 3 aromatic heterocycles. The lowest BCUT2D eigenvalue weighted by molar-refractivity contribution is -0.987. The van der Waals surface area contributed by atoms with E-state index in [4.69, 9.17) is 0 Å². The summed E-state index contributed by atoms with van der Waals surface area (Å²) in [4.78, 5) is 0. The molecular formula is C39H24N4+2. The summed E-state index contributed by atoms with van der Waals surface area (Å²) in [7, 11) is 0. The van der Waals surface area contributed by atoms with Crippen molar-refractivity contribution >= 4 is 21.8 Å². The zero-order valence-electron chi connectivity index (χ0n) is 23.1. The zero-order valence-corrected chi connectivity index (χ0v) is 23.1. The number of hydrogen-bond acceptors (Lipinski definition) is 0. The van der Waals surface area contributed by atoms with Crippen molar-refractivity contribution in [3.8, 4) is 44.9 Å². The van der Waals surface area contributed by atoms with Crippen LogP contribution in [0.5, 0.6) is 0 Å². The second kappa shape index (κ2) is 7.36. The van der Waals surface area contributed by atoms with Crippen molar-refractivity contribution in [1.82, 2.24) is 9.25 Å². The first-order chi connectivity index (χ1) is 21.3. The molecule has 0 N–H and O–H groups in total. The van der Waals surface area contributed by atoms with Crippen LogP contribution in [0.15, 0.2) is 146 Å². The number of aromatic nitrogens is 4. The normalized spacial score (nSPS) is 16.5. The first-order valence-electron chi connectivity index (χ1n) is 14.9. The van der Waals surface area contributed by atoms with E-state index in [0.717, 1.165) is 0 Å². The Kier molecular flexibility index (Phi) is 3.75.